The molecule has 0 amide bonds. The molecule has 1 N–H and O–H groups in total. The van der Waals surface area contributed by atoms with Crippen molar-refractivity contribution in [2.75, 3.05) is 0 Å². The van der Waals surface area contributed by atoms with Gasteiger partial charge in [0.15, 0.2) is 0 Å². The standard InChI is InChI=1S/C13H10F3NO2/c14-10-7-17-6-5-8(10)12(18)9-3-1-2-4-11(9)19-13(15)16/h1-7,12-13,18H. The number of benzene rings is 1. The van der Waals surface area contributed by atoms with Gasteiger partial charge in [0, 0.05) is 17.3 Å². The molecule has 100 valence electrons. The summed E-state index contributed by atoms with van der Waals surface area (Å²) < 4.78 is 42.3. The maximum Gasteiger partial charge on any atom is 0.387 e. The summed E-state index contributed by atoms with van der Waals surface area (Å²) >= 11 is 0. The van der Waals surface area contributed by atoms with Gasteiger partial charge in [-0.15, -0.1) is 0 Å². The Morgan fingerprint density at radius 1 is 1.11 bits per heavy atom. The van der Waals surface area contributed by atoms with Gasteiger partial charge in [0.1, 0.15) is 17.7 Å². The molecule has 0 radical (unpaired) electrons. The zero-order valence-corrected chi connectivity index (χ0v) is 9.63. The quantitative estimate of drug-likeness (QED) is 0.928. The van der Waals surface area contributed by atoms with Crippen LogP contribution in [0.1, 0.15) is 17.2 Å². The highest BCUT2D eigenvalue weighted by molar-refractivity contribution is 5.40. The summed E-state index contributed by atoms with van der Waals surface area (Å²) in [5.41, 5.74) is 0.00761. The molecule has 6 heteroatoms. The van der Waals surface area contributed by atoms with Crippen molar-refractivity contribution in [1.29, 1.82) is 0 Å². The summed E-state index contributed by atoms with van der Waals surface area (Å²) in [6.07, 6.45) is 0.839. The van der Waals surface area contributed by atoms with Gasteiger partial charge in [-0.25, -0.2) is 4.39 Å². The molecule has 3 nitrogen and oxygen atoms in total. The van der Waals surface area contributed by atoms with Crippen molar-refractivity contribution in [3.63, 3.8) is 0 Å². The number of aliphatic hydroxyl groups excluding tert-OH is 1. The Labute approximate surface area is 107 Å². The van der Waals surface area contributed by atoms with Crippen LogP contribution in [-0.2, 0) is 0 Å². The maximum absolute atomic E-state index is 13.5. The summed E-state index contributed by atoms with van der Waals surface area (Å²) in [7, 11) is 0. The number of halogens is 3. The van der Waals surface area contributed by atoms with Gasteiger partial charge in [0.05, 0.1) is 6.20 Å². The average molecular weight is 269 g/mol. The van der Waals surface area contributed by atoms with Gasteiger partial charge in [-0.2, -0.15) is 8.78 Å². The van der Waals surface area contributed by atoms with Crippen molar-refractivity contribution in [2.45, 2.75) is 12.7 Å². The van der Waals surface area contributed by atoms with Crippen LogP contribution in [0.2, 0.25) is 0 Å². The van der Waals surface area contributed by atoms with Gasteiger partial charge in [-0.05, 0) is 12.1 Å². The lowest BCUT2D eigenvalue weighted by Gasteiger charge is -2.16. The van der Waals surface area contributed by atoms with Gasteiger partial charge in [0.2, 0.25) is 0 Å². The first-order chi connectivity index (χ1) is 9.09. The third-order valence-electron chi connectivity index (χ3n) is 2.53. The summed E-state index contributed by atoms with van der Waals surface area (Å²) in [5.74, 6) is -0.914. The topological polar surface area (TPSA) is 42.4 Å². The number of para-hydroxylation sites is 1. The van der Waals surface area contributed by atoms with Crippen molar-refractivity contribution in [3.05, 3.63) is 59.7 Å². The molecule has 0 fully saturated rings. The minimum Gasteiger partial charge on any atom is -0.434 e. The number of hydrogen-bond acceptors (Lipinski definition) is 3. The van der Waals surface area contributed by atoms with Crippen molar-refractivity contribution < 1.29 is 23.0 Å². The van der Waals surface area contributed by atoms with Crippen LogP contribution in [0.5, 0.6) is 5.75 Å². The third kappa shape index (κ3) is 3.03. The fourth-order valence-electron chi connectivity index (χ4n) is 1.68. The number of nitrogens with zero attached hydrogens (tertiary/aromatic N) is 1. The highest BCUT2D eigenvalue weighted by Crippen LogP contribution is 2.31. The van der Waals surface area contributed by atoms with E-state index in [0.717, 1.165) is 6.20 Å². The monoisotopic (exact) mass is 269 g/mol. The molecule has 2 rings (SSSR count). The summed E-state index contributed by atoms with van der Waals surface area (Å²) in [6, 6.07) is 6.97. The lowest BCUT2D eigenvalue weighted by atomic mass is 10.0. The Morgan fingerprint density at radius 2 is 1.84 bits per heavy atom. The van der Waals surface area contributed by atoms with E-state index < -0.39 is 18.5 Å². The Hall–Kier alpha value is -2.08. The molecule has 2 aromatic rings. The van der Waals surface area contributed by atoms with Gasteiger partial charge < -0.3 is 9.84 Å². The summed E-state index contributed by atoms with van der Waals surface area (Å²) in [4.78, 5) is 3.55. The molecule has 0 spiro atoms. The van der Waals surface area contributed by atoms with Gasteiger partial charge in [-0.1, -0.05) is 18.2 Å². The van der Waals surface area contributed by atoms with Crippen LogP contribution < -0.4 is 4.74 Å². The Balaban J connectivity index is 2.39. The molecule has 1 aromatic carbocycles. The van der Waals surface area contributed by atoms with Crippen LogP contribution in [0.4, 0.5) is 13.2 Å². The molecule has 1 atom stereocenters. The second kappa shape index (κ2) is 5.71. The van der Waals surface area contributed by atoms with Crippen LogP contribution in [0, 0.1) is 5.82 Å². The van der Waals surface area contributed by atoms with E-state index in [2.05, 4.69) is 9.72 Å². The van der Waals surface area contributed by atoms with E-state index in [-0.39, 0.29) is 16.9 Å². The minimum absolute atomic E-state index is 0.0553. The van der Waals surface area contributed by atoms with Crippen LogP contribution in [0.3, 0.4) is 0 Å². The van der Waals surface area contributed by atoms with Crippen LogP contribution in [0.25, 0.3) is 0 Å². The van der Waals surface area contributed by atoms with Gasteiger partial charge >= 0.3 is 6.61 Å². The molecule has 0 aliphatic rings. The van der Waals surface area contributed by atoms with E-state index in [0.29, 0.717) is 0 Å². The molecule has 0 aliphatic carbocycles. The average Bonchev–Trinajstić information content (AvgIpc) is 2.38. The van der Waals surface area contributed by atoms with Crippen molar-refractivity contribution >= 4 is 0 Å². The number of hydrogen-bond donors (Lipinski definition) is 1. The highest BCUT2D eigenvalue weighted by atomic mass is 19.3. The van der Waals surface area contributed by atoms with Crippen LogP contribution >= 0.6 is 0 Å². The fourth-order valence-corrected chi connectivity index (χ4v) is 1.68. The van der Waals surface area contributed by atoms with E-state index in [1.807, 2.05) is 0 Å². The van der Waals surface area contributed by atoms with E-state index in [1.54, 1.807) is 0 Å². The molecular weight excluding hydrogens is 259 g/mol. The zero-order chi connectivity index (χ0) is 13.8. The first-order valence-electron chi connectivity index (χ1n) is 5.41. The highest BCUT2D eigenvalue weighted by Gasteiger charge is 2.20. The van der Waals surface area contributed by atoms with E-state index >= 15 is 0 Å². The third-order valence-corrected chi connectivity index (χ3v) is 2.53. The van der Waals surface area contributed by atoms with Crippen LogP contribution in [-0.4, -0.2) is 16.7 Å². The number of ether oxygens (including phenoxy) is 1. The van der Waals surface area contributed by atoms with E-state index in [9.17, 15) is 18.3 Å². The first kappa shape index (κ1) is 13.4. The van der Waals surface area contributed by atoms with Crippen molar-refractivity contribution in [3.8, 4) is 5.75 Å². The largest absolute Gasteiger partial charge is 0.434 e. The zero-order valence-electron chi connectivity index (χ0n) is 9.63. The number of alkyl halides is 2. The second-order valence-electron chi connectivity index (χ2n) is 3.72. The number of pyridine rings is 1. The molecule has 0 aliphatic heterocycles. The molecular formula is C13H10F3NO2. The Morgan fingerprint density at radius 3 is 2.53 bits per heavy atom. The maximum atomic E-state index is 13.5. The SMILES string of the molecule is OC(c1ccncc1F)c1ccccc1OC(F)F. The Bertz CT molecular complexity index is 563. The fraction of sp³-hybridized carbons (Fsp3) is 0.154. The molecule has 0 saturated heterocycles. The molecule has 0 saturated carbocycles. The predicted molar refractivity (Wildman–Crippen MR) is 61.3 cm³/mol. The summed E-state index contributed by atoms with van der Waals surface area (Å²) in [6.45, 7) is -3.02. The summed E-state index contributed by atoms with van der Waals surface area (Å²) in [5, 5.41) is 10.1. The first-order valence-corrected chi connectivity index (χ1v) is 5.41. The smallest absolute Gasteiger partial charge is 0.387 e. The molecule has 0 bridgehead atoms. The lowest BCUT2D eigenvalue weighted by molar-refractivity contribution is -0.0512. The van der Waals surface area contributed by atoms with Gasteiger partial charge in [0.25, 0.3) is 0 Å². The second-order valence-corrected chi connectivity index (χ2v) is 3.72. The lowest BCUT2D eigenvalue weighted by Crippen LogP contribution is -2.09. The Kier molecular flexibility index (Phi) is 4.01. The van der Waals surface area contributed by atoms with Crippen molar-refractivity contribution in [1.82, 2.24) is 4.98 Å². The molecule has 1 heterocycles. The van der Waals surface area contributed by atoms with Crippen molar-refractivity contribution in [2.24, 2.45) is 0 Å². The van der Waals surface area contributed by atoms with E-state index in [4.69, 9.17) is 0 Å². The molecule has 19 heavy (non-hydrogen) atoms. The number of aliphatic hydroxyl groups is 1. The molecule has 1 unspecified atom stereocenters. The van der Waals surface area contributed by atoms with E-state index in [1.165, 1.54) is 36.5 Å². The molecule has 1 aromatic heterocycles. The number of aromatic nitrogens is 1. The van der Waals surface area contributed by atoms with Gasteiger partial charge in [-0.3, -0.25) is 4.98 Å². The normalized spacial score (nSPS) is 12.5. The number of rotatable bonds is 4. The van der Waals surface area contributed by atoms with Crippen LogP contribution in [0.15, 0.2) is 42.7 Å². The minimum atomic E-state index is -3.02. The predicted octanol–water partition coefficient (Wildman–Crippen LogP) is 2.90.